The highest BCUT2D eigenvalue weighted by Gasteiger charge is 2.34. The minimum absolute atomic E-state index is 0.0615. The van der Waals surface area contributed by atoms with Crippen molar-refractivity contribution < 1.29 is 14.6 Å². The number of benzene rings is 1. The van der Waals surface area contributed by atoms with E-state index >= 15 is 0 Å². The summed E-state index contributed by atoms with van der Waals surface area (Å²) in [5, 5.41) is 9.29. The molecule has 1 aliphatic rings. The van der Waals surface area contributed by atoms with E-state index in [0.717, 1.165) is 23.6 Å². The fourth-order valence-corrected chi connectivity index (χ4v) is 2.93. The van der Waals surface area contributed by atoms with Crippen molar-refractivity contribution in [2.75, 3.05) is 26.0 Å². The van der Waals surface area contributed by atoms with Crippen molar-refractivity contribution in [2.45, 2.75) is 18.9 Å². The molecule has 2 unspecified atom stereocenters. The van der Waals surface area contributed by atoms with Gasteiger partial charge in [-0.3, -0.25) is 4.79 Å². The predicted molar refractivity (Wildman–Crippen MR) is 81.1 cm³/mol. The number of rotatable bonds is 6. The van der Waals surface area contributed by atoms with Gasteiger partial charge in [0.15, 0.2) is 0 Å². The van der Waals surface area contributed by atoms with E-state index in [-0.39, 0.29) is 18.6 Å². The maximum atomic E-state index is 12.1. The van der Waals surface area contributed by atoms with E-state index in [0.29, 0.717) is 18.8 Å². The molecule has 1 N–H and O–H groups in total. The SMILES string of the molecule is COc1ccc(C(CCO)N2CC(CS)CC2=O)cc1. The van der Waals surface area contributed by atoms with Crippen LogP contribution in [0.4, 0.5) is 0 Å². The summed E-state index contributed by atoms with van der Waals surface area (Å²) < 4.78 is 5.15. The molecule has 0 saturated carbocycles. The van der Waals surface area contributed by atoms with Crippen LogP contribution in [0.15, 0.2) is 24.3 Å². The monoisotopic (exact) mass is 295 g/mol. The summed E-state index contributed by atoms with van der Waals surface area (Å²) >= 11 is 4.29. The number of carbonyl (C=O) groups excluding carboxylic acids is 1. The van der Waals surface area contributed by atoms with Crippen LogP contribution in [0.5, 0.6) is 5.75 Å². The van der Waals surface area contributed by atoms with Gasteiger partial charge in [-0.1, -0.05) is 12.1 Å². The Balaban J connectivity index is 2.19. The van der Waals surface area contributed by atoms with E-state index in [9.17, 15) is 9.90 Å². The number of nitrogens with zero attached hydrogens (tertiary/aromatic N) is 1. The van der Waals surface area contributed by atoms with Crippen LogP contribution < -0.4 is 4.74 Å². The number of amides is 1. The fraction of sp³-hybridized carbons (Fsp3) is 0.533. The zero-order valence-corrected chi connectivity index (χ0v) is 12.6. The number of aliphatic hydroxyl groups is 1. The van der Waals surface area contributed by atoms with E-state index in [1.54, 1.807) is 7.11 Å². The Morgan fingerprint density at radius 2 is 2.15 bits per heavy atom. The van der Waals surface area contributed by atoms with E-state index < -0.39 is 0 Å². The van der Waals surface area contributed by atoms with Gasteiger partial charge in [0.1, 0.15) is 5.75 Å². The number of aliphatic hydroxyl groups excluding tert-OH is 1. The Kier molecular flexibility index (Phi) is 5.31. The first-order valence-corrected chi connectivity index (χ1v) is 7.48. The molecule has 110 valence electrons. The second kappa shape index (κ2) is 6.99. The molecule has 0 spiro atoms. The minimum atomic E-state index is -0.0664. The molecule has 1 fully saturated rings. The summed E-state index contributed by atoms with van der Waals surface area (Å²) in [6, 6.07) is 7.62. The molecule has 2 rings (SSSR count). The highest BCUT2D eigenvalue weighted by molar-refractivity contribution is 7.80. The van der Waals surface area contributed by atoms with Crippen molar-refractivity contribution in [1.82, 2.24) is 4.90 Å². The lowest BCUT2D eigenvalue weighted by Crippen LogP contribution is -2.31. The smallest absolute Gasteiger partial charge is 0.223 e. The molecule has 1 aromatic rings. The van der Waals surface area contributed by atoms with Crippen LogP contribution in [0.25, 0.3) is 0 Å². The molecule has 1 amide bonds. The third kappa shape index (κ3) is 3.27. The summed E-state index contributed by atoms with van der Waals surface area (Å²) in [4.78, 5) is 14.0. The maximum absolute atomic E-state index is 12.1. The molecule has 1 saturated heterocycles. The molecule has 0 bridgehead atoms. The number of ether oxygens (including phenoxy) is 1. The molecule has 0 aromatic heterocycles. The zero-order chi connectivity index (χ0) is 14.5. The van der Waals surface area contributed by atoms with Crippen molar-refractivity contribution in [3.8, 4) is 5.75 Å². The number of hydrogen-bond donors (Lipinski definition) is 2. The quantitative estimate of drug-likeness (QED) is 0.788. The van der Waals surface area contributed by atoms with Gasteiger partial charge in [-0.2, -0.15) is 12.6 Å². The molecule has 0 radical (unpaired) electrons. The Bertz CT molecular complexity index is 449. The summed E-state index contributed by atoms with van der Waals surface area (Å²) in [6.07, 6.45) is 1.11. The van der Waals surface area contributed by atoms with Crippen molar-refractivity contribution in [3.05, 3.63) is 29.8 Å². The van der Waals surface area contributed by atoms with Crippen LogP contribution in [0.3, 0.4) is 0 Å². The Morgan fingerprint density at radius 3 is 2.65 bits per heavy atom. The van der Waals surface area contributed by atoms with E-state index in [2.05, 4.69) is 12.6 Å². The summed E-state index contributed by atoms with van der Waals surface area (Å²) in [5.74, 6) is 1.97. The van der Waals surface area contributed by atoms with Crippen LogP contribution in [0.1, 0.15) is 24.4 Å². The van der Waals surface area contributed by atoms with E-state index in [1.807, 2.05) is 29.2 Å². The normalized spacial score (nSPS) is 20.2. The first-order valence-electron chi connectivity index (χ1n) is 6.84. The first kappa shape index (κ1) is 15.2. The van der Waals surface area contributed by atoms with Crippen molar-refractivity contribution >= 4 is 18.5 Å². The van der Waals surface area contributed by atoms with Crippen molar-refractivity contribution in [3.63, 3.8) is 0 Å². The van der Waals surface area contributed by atoms with Crippen molar-refractivity contribution in [2.24, 2.45) is 5.92 Å². The molecule has 1 aromatic carbocycles. The molecule has 4 nitrogen and oxygen atoms in total. The van der Waals surface area contributed by atoms with Gasteiger partial charge in [0, 0.05) is 19.6 Å². The second-order valence-electron chi connectivity index (χ2n) is 5.10. The maximum Gasteiger partial charge on any atom is 0.223 e. The van der Waals surface area contributed by atoms with Gasteiger partial charge in [0.2, 0.25) is 5.91 Å². The number of carbonyl (C=O) groups is 1. The standard InChI is InChI=1S/C15H21NO3S/c1-19-13-4-2-12(3-5-13)14(6-7-17)16-9-11(10-20)8-15(16)18/h2-5,11,14,17,20H,6-10H2,1H3. The molecular formula is C15H21NO3S. The summed E-state index contributed by atoms with van der Waals surface area (Å²) in [5.41, 5.74) is 1.04. The van der Waals surface area contributed by atoms with Gasteiger partial charge < -0.3 is 14.7 Å². The predicted octanol–water partition coefficient (Wildman–Crippen LogP) is 1.90. The fourth-order valence-electron chi connectivity index (χ4n) is 2.68. The largest absolute Gasteiger partial charge is 0.497 e. The summed E-state index contributed by atoms with van der Waals surface area (Å²) in [6.45, 7) is 0.783. The number of likely N-dealkylation sites (tertiary alicyclic amines) is 1. The van der Waals surface area contributed by atoms with Gasteiger partial charge in [-0.25, -0.2) is 0 Å². The lowest BCUT2D eigenvalue weighted by Gasteiger charge is -2.28. The van der Waals surface area contributed by atoms with Gasteiger partial charge >= 0.3 is 0 Å². The molecule has 1 heterocycles. The van der Waals surface area contributed by atoms with Crippen LogP contribution >= 0.6 is 12.6 Å². The van der Waals surface area contributed by atoms with Crippen LogP contribution in [0.2, 0.25) is 0 Å². The van der Waals surface area contributed by atoms with Crippen molar-refractivity contribution in [1.29, 1.82) is 0 Å². The van der Waals surface area contributed by atoms with Crippen LogP contribution in [0, 0.1) is 5.92 Å². The van der Waals surface area contributed by atoms with Gasteiger partial charge in [0.25, 0.3) is 0 Å². The van der Waals surface area contributed by atoms with E-state index in [1.165, 1.54) is 0 Å². The molecular weight excluding hydrogens is 274 g/mol. The van der Waals surface area contributed by atoms with Gasteiger partial charge in [-0.05, 0) is 35.8 Å². The lowest BCUT2D eigenvalue weighted by molar-refractivity contribution is -0.130. The third-order valence-electron chi connectivity index (χ3n) is 3.78. The molecule has 20 heavy (non-hydrogen) atoms. The Labute approximate surface area is 125 Å². The average molecular weight is 295 g/mol. The molecule has 0 aliphatic carbocycles. The highest BCUT2D eigenvalue weighted by Crippen LogP contribution is 2.32. The number of methoxy groups -OCH3 is 1. The first-order chi connectivity index (χ1) is 9.69. The number of thiol groups is 1. The lowest BCUT2D eigenvalue weighted by atomic mass is 10.0. The molecule has 1 aliphatic heterocycles. The Hall–Kier alpha value is -1.20. The summed E-state index contributed by atoms with van der Waals surface area (Å²) in [7, 11) is 1.63. The average Bonchev–Trinajstić information content (AvgIpc) is 2.86. The third-order valence-corrected chi connectivity index (χ3v) is 4.29. The number of hydrogen-bond acceptors (Lipinski definition) is 4. The van der Waals surface area contributed by atoms with Gasteiger partial charge in [-0.15, -0.1) is 0 Å². The zero-order valence-electron chi connectivity index (χ0n) is 11.7. The van der Waals surface area contributed by atoms with E-state index in [4.69, 9.17) is 4.74 Å². The topological polar surface area (TPSA) is 49.8 Å². The van der Waals surface area contributed by atoms with Crippen LogP contribution in [-0.4, -0.2) is 41.9 Å². The minimum Gasteiger partial charge on any atom is -0.497 e. The highest BCUT2D eigenvalue weighted by atomic mass is 32.1. The second-order valence-corrected chi connectivity index (χ2v) is 5.47. The van der Waals surface area contributed by atoms with Gasteiger partial charge in [0.05, 0.1) is 13.2 Å². The molecule has 5 heteroatoms. The molecule has 2 atom stereocenters. The Morgan fingerprint density at radius 1 is 1.45 bits per heavy atom. The van der Waals surface area contributed by atoms with Crippen LogP contribution in [-0.2, 0) is 4.79 Å².